The number of benzene rings is 3. The molecule has 0 amide bonds. The fraction of sp³-hybridized carbons (Fsp3) is 0.167. The summed E-state index contributed by atoms with van der Waals surface area (Å²) in [4.78, 5) is 0. The quantitative estimate of drug-likeness (QED) is 0.538. The maximum absolute atomic E-state index is 13.3. The number of halogens is 1. The van der Waals surface area contributed by atoms with Crippen LogP contribution in [0, 0.1) is 11.7 Å². The fourth-order valence-electron chi connectivity index (χ4n) is 4.40. The summed E-state index contributed by atoms with van der Waals surface area (Å²) in [6, 6.07) is 24.4. The van der Waals surface area contributed by atoms with Crippen molar-refractivity contribution in [2.24, 2.45) is 5.92 Å². The molecule has 0 spiro atoms. The van der Waals surface area contributed by atoms with Crippen molar-refractivity contribution in [2.45, 2.75) is 18.4 Å². The van der Waals surface area contributed by atoms with E-state index in [1.807, 2.05) is 18.2 Å². The Hall–Kier alpha value is -2.87. The topological polar surface area (TPSA) is 12.0 Å². The van der Waals surface area contributed by atoms with E-state index in [9.17, 15) is 4.39 Å². The number of hydrogen-bond acceptors (Lipinski definition) is 1. The Morgan fingerprint density at radius 1 is 0.846 bits per heavy atom. The minimum atomic E-state index is -0.182. The summed E-state index contributed by atoms with van der Waals surface area (Å²) in [5, 5.41) is 3.72. The molecule has 0 radical (unpaired) electrons. The van der Waals surface area contributed by atoms with Crippen LogP contribution in [0.2, 0.25) is 0 Å². The van der Waals surface area contributed by atoms with Crippen LogP contribution in [0.15, 0.2) is 84.9 Å². The third-order valence-corrected chi connectivity index (χ3v) is 5.70. The average molecular weight is 341 g/mol. The number of fused-ring (bicyclic) bond motifs is 3. The van der Waals surface area contributed by atoms with Crippen molar-refractivity contribution in [1.82, 2.24) is 0 Å². The molecular weight excluding hydrogens is 321 g/mol. The number of nitrogens with one attached hydrogen (secondary N) is 1. The zero-order valence-corrected chi connectivity index (χ0v) is 14.4. The first-order valence-electron chi connectivity index (χ1n) is 9.17. The molecule has 3 atom stereocenters. The van der Waals surface area contributed by atoms with E-state index in [0.717, 1.165) is 12.0 Å². The fourth-order valence-corrected chi connectivity index (χ4v) is 4.40. The lowest BCUT2D eigenvalue weighted by Gasteiger charge is -2.37. The highest BCUT2D eigenvalue weighted by atomic mass is 19.1. The van der Waals surface area contributed by atoms with E-state index in [-0.39, 0.29) is 11.9 Å². The van der Waals surface area contributed by atoms with Crippen LogP contribution in [0.25, 0.3) is 11.1 Å². The van der Waals surface area contributed by atoms with Gasteiger partial charge in [-0.15, -0.1) is 0 Å². The first-order chi connectivity index (χ1) is 12.8. The van der Waals surface area contributed by atoms with E-state index in [4.69, 9.17) is 0 Å². The van der Waals surface area contributed by atoms with Crippen LogP contribution in [-0.2, 0) is 0 Å². The molecular formula is C24H20FN. The molecule has 0 aromatic heterocycles. The summed E-state index contributed by atoms with van der Waals surface area (Å²) in [6.07, 6.45) is 5.68. The van der Waals surface area contributed by atoms with Gasteiger partial charge in [0.2, 0.25) is 0 Å². The van der Waals surface area contributed by atoms with E-state index in [2.05, 4.69) is 59.9 Å². The SMILES string of the molecule is Fc1ccc([C@@H]2Nc3ccc(-c4ccccc4)cc3[C@H]3C=CC[C@H]32)cc1. The van der Waals surface area contributed by atoms with Crippen LogP contribution in [0.3, 0.4) is 0 Å². The van der Waals surface area contributed by atoms with Gasteiger partial charge in [0.1, 0.15) is 5.82 Å². The van der Waals surface area contributed by atoms with Gasteiger partial charge in [0.15, 0.2) is 0 Å². The standard InChI is InChI=1S/C24H20FN/c25-19-12-9-17(10-13-19)24-21-8-4-7-20(21)22-15-18(11-14-23(22)26-24)16-5-2-1-3-6-16/h1-7,9-15,20-21,24,26H,8H2/t20-,21+,24-/m0/s1. The molecule has 3 aromatic rings. The third-order valence-electron chi connectivity index (χ3n) is 5.70. The van der Waals surface area contributed by atoms with Crippen molar-refractivity contribution in [1.29, 1.82) is 0 Å². The van der Waals surface area contributed by atoms with Gasteiger partial charge in [-0.3, -0.25) is 0 Å². The maximum atomic E-state index is 13.3. The van der Waals surface area contributed by atoms with Gasteiger partial charge < -0.3 is 5.32 Å². The molecule has 1 aliphatic heterocycles. The highest BCUT2D eigenvalue weighted by Crippen LogP contribution is 2.50. The van der Waals surface area contributed by atoms with E-state index >= 15 is 0 Å². The monoisotopic (exact) mass is 341 g/mol. The van der Waals surface area contributed by atoms with E-state index < -0.39 is 0 Å². The summed E-state index contributed by atoms with van der Waals surface area (Å²) < 4.78 is 13.3. The predicted molar refractivity (Wildman–Crippen MR) is 105 cm³/mol. The minimum Gasteiger partial charge on any atom is -0.378 e. The van der Waals surface area contributed by atoms with Gasteiger partial charge in [0, 0.05) is 11.6 Å². The van der Waals surface area contributed by atoms with Crippen molar-refractivity contribution < 1.29 is 4.39 Å². The van der Waals surface area contributed by atoms with Crippen LogP contribution in [0.1, 0.15) is 29.5 Å². The van der Waals surface area contributed by atoms with Crippen LogP contribution in [-0.4, -0.2) is 0 Å². The Balaban J connectivity index is 1.56. The molecule has 0 unspecified atom stereocenters. The smallest absolute Gasteiger partial charge is 0.123 e. The van der Waals surface area contributed by atoms with Gasteiger partial charge in [0.25, 0.3) is 0 Å². The third kappa shape index (κ3) is 2.53. The number of allylic oxidation sites excluding steroid dienone is 2. The van der Waals surface area contributed by atoms with Gasteiger partial charge in [-0.05, 0) is 58.9 Å². The Morgan fingerprint density at radius 3 is 2.46 bits per heavy atom. The zero-order valence-electron chi connectivity index (χ0n) is 14.4. The number of rotatable bonds is 2. The summed E-state index contributed by atoms with van der Waals surface area (Å²) in [5.74, 6) is 0.697. The van der Waals surface area contributed by atoms with Gasteiger partial charge >= 0.3 is 0 Å². The summed E-state index contributed by atoms with van der Waals surface area (Å²) >= 11 is 0. The second-order valence-corrected chi connectivity index (χ2v) is 7.20. The largest absolute Gasteiger partial charge is 0.378 e. The lowest BCUT2D eigenvalue weighted by atomic mass is 9.76. The second-order valence-electron chi connectivity index (χ2n) is 7.20. The lowest BCUT2D eigenvalue weighted by Crippen LogP contribution is -2.29. The van der Waals surface area contributed by atoms with Crippen molar-refractivity contribution in [2.75, 3.05) is 5.32 Å². The first-order valence-corrected chi connectivity index (χ1v) is 9.17. The highest BCUT2D eigenvalue weighted by molar-refractivity contribution is 5.71. The van der Waals surface area contributed by atoms with E-state index in [1.54, 1.807) is 12.1 Å². The van der Waals surface area contributed by atoms with Gasteiger partial charge in [-0.1, -0.05) is 60.7 Å². The Labute approximate surface area is 153 Å². The molecule has 128 valence electrons. The molecule has 0 bridgehead atoms. The highest BCUT2D eigenvalue weighted by Gasteiger charge is 2.37. The molecule has 1 aliphatic carbocycles. The van der Waals surface area contributed by atoms with Crippen molar-refractivity contribution in [3.63, 3.8) is 0 Å². The van der Waals surface area contributed by atoms with Crippen LogP contribution >= 0.6 is 0 Å². The lowest BCUT2D eigenvalue weighted by molar-refractivity contribution is 0.425. The molecule has 0 saturated heterocycles. The Bertz CT molecular complexity index is 959. The van der Waals surface area contributed by atoms with E-state index in [0.29, 0.717) is 11.8 Å². The summed E-state index contributed by atoms with van der Waals surface area (Å²) in [6.45, 7) is 0. The molecule has 2 heteroatoms. The Morgan fingerprint density at radius 2 is 1.65 bits per heavy atom. The second kappa shape index (κ2) is 6.14. The molecule has 2 aliphatic rings. The molecule has 26 heavy (non-hydrogen) atoms. The Kier molecular flexibility index (Phi) is 3.63. The zero-order chi connectivity index (χ0) is 17.5. The van der Waals surface area contributed by atoms with Crippen LogP contribution in [0.4, 0.5) is 10.1 Å². The number of anilines is 1. The van der Waals surface area contributed by atoms with Crippen molar-refractivity contribution in [3.05, 3.63) is 102 Å². The maximum Gasteiger partial charge on any atom is 0.123 e. The molecule has 5 rings (SSSR count). The average Bonchev–Trinajstić information content (AvgIpc) is 3.19. The molecule has 0 saturated carbocycles. The summed E-state index contributed by atoms with van der Waals surface area (Å²) in [5.41, 5.74) is 6.21. The van der Waals surface area contributed by atoms with Crippen molar-refractivity contribution in [3.8, 4) is 11.1 Å². The molecule has 3 aromatic carbocycles. The van der Waals surface area contributed by atoms with Crippen LogP contribution < -0.4 is 5.32 Å². The molecule has 1 N–H and O–H groups in total. The minimum absolute atomic E-state index is 0.182. The van der Waals surface area contributed by atoms with Crippen molar-refractivity contribution >= 4 is 5.69 Å². The summed E-state index contributed by atoms with van der Waals surface area (Å²) in [7, 11) is 0. The predicted octanol–water partition coefficient (Wildman–Crippen LogP) is 6.32. The molecule has 0 fully saturated rings. The molecule has 1 heterocycles. The molecule has 1 nitrogen and oxygen atoms in total. The van der Waals surface area contributed by atoms with Gasteiger partial charge in [-0.25, -0.2) is 4.39 Å². The normalized spacial score (nSPS) is 23.2. The van der Waals surface area contributed by atoms with Crippen LogP contribution in [0.5, 0.6) is 0 Å². The van der Waals surface area contributed by atoms with Gasteiger partial charge in [0.05, 0.1) is 6.04 Å². The number of hydrogen-bond donors (Lipinski definition) is 1. The van der Waals surface area contributed by atoms with Gasteiger partial charge in [-0.2, -0.15) is 0 Å². The van der Waals surface area contributed by atoms with E-state index in [1.165, 1.54) is 22.4 Å². The first kappa shape index (κ1) is 15.4.